The van der Waals surface area contributed by atoms with Crippen LogP contribution in [0.4, 0.5) is 11.5 Å². The number of aromatic nitrogens is 2. The number of nitrogens with zero attached hydrogens (tertiary/aromatic N) is 4. The number of amides is 1. The van der Waals surface area contributed by atoms with Gasteiger partial charge in [0.1, 0.15) is 5.69 Å². The molecular weight excluding hydrogens is 300 g/mol. The number of fused-ring (bicyclic) bond motifs is 1. The number of anilines is 2. The van der Waals surface area contributed by atoms with Crippen LogP contribution < -0.4 is 9.80 Å². The van der Waals surface area contributed by atoms with Crippen molar-refractivity contribution in [1.82, 2.24) is 9.97 Å². The van der Waals surface area contributed by atoms with E-state index in [2.05, 4.69) is 21.8 Å². The molecule has 1 aromatic rings. The molecule has 22 heavy (non-hydrogen) atoms. The summed E-state index contributed by atoms with van der Waals surface area (Å²) < 4.78 is 0. The Kier molecular flexibility index (Phi) is 4.52. The standard InChI is InChI=1S/C16H23ClN4O/c1-3-11-10-21(12-7-5-6-8-12)14-13(9-18-16(17)19-14)20(4-2)15(11)22/h9,11-12H,3-8,10H2,1-2H3. The van der Waals surface area contributed by atoms with E-state index in [1.807, 2.05) is 11.8 Å². The molecular formula is C16H23ClN4O. The smallest absolute Gasteiger partial charge is 0.232 e. The summed E-state index contributed by atoms with van der Waals surface area (Å²) >= 11 is 6.05. The largest absolute Gasteiger partial charge is 0.351 e. The number of carbonyl (C=O) groups is 1. The molecule has 120 valence electrons. The van der Waals surface area contributed by atoms with Gasteiger partial charge < -0.3 is 9.80 Å². The summed E-state index contributed by atoms with van der Waals surface area (Å²) in [6.07, 6.45) is 7.37. The lowest BCUT2D eigenvalue weighted by atomic mass is 10.0. The van der Waals surface area contributed by atoms with Gasteiger partial charge in [0.25, 0.3) is 0 Å². The van der Waals surface area contributed by atoms with Crippen molar-refractivity contribution in [2.75, 3.05) is 22.9 Å². The van der Waals surface area contributed by atoms with E-state index < -0.39 is 0 Å². The Balaban J connectivity index is 2.09. The van der Waals surface area contributed by atoms with Crippen molar-refractivity contribution < 1.29 is 4.79 Å². The molecule has 0 spiro atoms. The quantitative estimate of drug-likeness (QED) is 0.801. The molecule has 0 bridgehead atoms. The van der Waals surface area contributed by atoms with E-state index in [1.165, 1.54) is 12.8 Å². The van der Waals surface area contributed by atoms with Crippen LogP contribution in [0.3, 0.4) is 0 Å². The third kappa shape index (κ3) is 2.67. The van der Waals surface area contributed by atoms with Crippen LogP contribution in [0.15, 0.2) is 6.20 Å². The molecule has 0 radical (unpaired) electrons. The molecule has 1 saturated carbocycles. The second kappa shape index (κ2) is 6.41. The van der Waals surface area contributed by atoms with E-state index in [1.54, 1.807) is 6.20 Å². The van der Waals surface area contributed by atoms with Gasteiger partial charge in [0.2, 0.25) is 11.2 Å². The molecule has 3 rings (SSSR count). The van der Waals surface area contributed by atoms with E-state index in [0.717, 1.165) is 37.3 Å². The van der Waals surface area contributed by atoms with Crippen molar-refractivity contribution in [2.24, 2.45) is 5.92 Å². The maximum absolute atomic E-state index is 12.8. The summed E-state index contributed by atoms with van der Waals surface area (Å²) in [6, 6.07) is 0.461. The number of carbonyl (C=O) groups excluding carboxylic acids is 1. The molecule has 1 atom stereocenters. The summed E-state index contributed by atoms with van der Waals surface area (Å²) in [6.45, 7) is 5.44. The lowest BCUT2D eigenvalue weighted by Crippen LogP contribution is -2.40. The minimum absolute atomic E-state index is 0.00789. The van der Waals surface area contributed by atoms with Gasteiger partial charge in [-0.3, -0.25) is 4.79 Å². The average Bonchev–Trinajstić information content (AvgIpc) is 3.01. The van der Waals surface area contributed by atoms with Crippen molar-refractivity contribution in [3.63, 3.8) is 0 Å². The average molecular weight is 323 g/mol. The second-order valence-electron chi connectivity index (χ2n) is 6.13. The first kappa shape index (κ1) is 15.5. The summed E-state index contributed by atoms with van der Waals surface area (Å²) in [5.74, 6) is 1.02. The summed E-state index contributed by atoms with van der Waals surface area (Å²) in [7, 11) is 0. The predicted octanol–water partition coefficient (Wildman–Crippen LogP) is 3.27. The van der Waals surface area contributed by atoms with Gasteiger partial charge in [-0.05, 0) is 37.8 Å². The molecule has 6 heteroatoms. The van der Waals surface area contributed by atoms with Gasteiger partial charge in [0, 0.05) is 19.1 Å². The molecule has 1 aliphatic carbocycles. The number of rotatable bonds is 3. The third-order valence-electron chi connectivity index (χ3n) is 4.89. The van der Waals surface area contributed by atoms with Crippen LogP contribution >= 0.6 is 11.6 Å². The van der Waals surface area contributed by atoms with Crippen LogP contribution in [0.5, 0.6) is 0 Å². The van der Waals surface area contributed by atoms with Gasteiger partial charge in [0.15, 0.2) is 5.82 Å². The fourth-order valence-electron chi connectivity index (χ4n) is 3.66. The van der Waals surface area contributed by atoms with Crippen LogP contribution in [-0.2, 0) is 4.79 Å². The lowest BCUT2D eigenvalue weighted by Gasteiger charge is -2.31. The van der Waals surface area contributed by atoms with Crippen molar-refractivity contribution >= 4 is 29.0 Å². The Morgan fingerprint density at radius 3 is 2.68 bits per heavy atom. The maximum atomic E-state index is 12.8. The fraction of sp³-hybridized carbons (Fsp3) is 0.688. The van der Waals surface area contributed by atoms with Crippen molar-refractivity contribution in [2.45, 2.75) is 52.0 Å². The van der Waals surface area contributed by atoms with E-state index in [0.29, 0.717) is 12.6 Å². The molecule has 1 fully saturated rings. The SMILES string of the molecule is CCC1CN(C2CCCC2)c2nc(Cl)ncc2N(CC)C1=O. The highest BCUT2D eigenvalue weighted by Gasteiger charge is 2.36. The predicted molar refractivity (Wildman–Crippen MR) is 88.5 cm³/mol. The van der Waals surface area contributed by atoms with E-state index in [4.69, 9.17) is 11.6 Å². The van der Waals surface area contributed by atoms with Crippen LogP contribution in [-0.4, -0.2) is 35.0 Å². The number of halogens is 1. The Bertz CT molecular complexity index is 559. The van der Waals surface area contributed by atoms with Gasteiger partial charge in [-0.2, -0.15) is 4.98 Å². The van der Waals surface area contributed by atoms with E-state index in [-0.39, 0.29) is 17.1 Å². The molecule has 0 N–H and O–H groups in total. The van der Waals surface area contributed by atoms with Crippen molar-refractivity contribution in [3.8, 4) is 0 Å². The van der Waals surface area contributed by atoms with Crippen molar-refractivity contribution in [3.05, 3.63) is 11.5 Å². The zero-order valence-electron chi connectivity index (χ0n) is 13.3. The van der Waals surface area contributed by atoms with Gasteiger partial charge in [-0.25, -0.2) is 4.98 Å². The van der Waals surface area contributed by atoms with Gasteiger partial charge in [-0.15, -0.1) is 0 Å². The molecule has 2 aliphatic rings. The molecule has 1 aliphatic heterocycles. The molecule has 2 heterocycles. The summed E-state index contributed by atoms with van der Waals surface area (Å²) in [4.78, 5) is 25.6. The Morgan fingerprint density at radius 2 is 2.05 bits per heavy atom. The van der Waals surface area contributed by atoms with Crippen LogP contribution in [0.2, 0.25) is 5.28 Å². The number of hydrogen-bond donors (Lipinski definition) is 0. The highest BCUT2D eigenvalue weighted by molar-refractivity contribution is 6.28. The van der Waals surface area contributed by atoms with Crippen LogP contribution in [0.25, 0.3) is 0 Å². The van der Waals surface area contributed by atoms with Crippen LogP contribution in [0.1, 0.15) is 46.0 Å². The zero-order valence-corrected chi connectivity index (χ0v) is 14.0. The first-order valence-electron chi connectivity index (χ1n) is 8.26. The Labute approximate surface area is 136 Å². The highest BCUT2D eigenvalue weighted by Crippen LogP contribution is 2.37. The maximum Gasteiger partial charge on any atom is 0.232 e. The Hall–Kier alpha value is -1.36. The third-order valence-corrected chi connectivity index (χ3v) is 5.07. The lowest BCUT2D eigenvalue weighted by molar-refractivity contribution is -0.122. The van der Waals surface area contributed by atoms with Gasteiger partial charge >= 0.3 is 0 Å². The van der Waals surface area contributed by atoms with E-state index >= 15 is 0 Å². The van der Waals surface area contributed by atoms with Crippen molar-refractivity contribution in [1.29, 1.82) is 0 Å². The zero-order chi connectivity index (χ0) is 15.7. The Morgan fingerprint density at radius 1 is 1.32 bits per heavy atom. The highest BCUT2D eigenvalue weighted by atomic mass is 35.5. The molecule has 5 nitrogen and oxygen atoms in total. The minimum atomic E-state index is 0.00789. The molecule has 0 aromatic carbocycles. The summed E-state index contributed by atoms with van der Waals surface area (Å²) in [5, 5.41) is 0.250. The topological polar surface area (TPSA) is 49.3 Å². The first-order valence-corrected chi connectivity index (χ1v) is 8.64. The molecule has 1 aromatic heterocycles. The normalized spacial score (nSPS) is 22.9. The number of hydrogen-bond acceptors (Lipinski definition) is 4. The molecule has 1 unspecified atom stereocenters. The van der Waals surface area contributed by atoms with Gasteiger partial charge in [-0.1, -0.05) is 19.8 Å². The van der Waals surface area contributed by atoms with E-state index in [9.17, 15) is 4.79 Å². The monoisotopic (exact) mass is 322 g/mol. The molecule has 1 amide bonds. The second-order valence-corrected chi connectivity index (χ2v) is 6.46. The first-order chi connectivity index (χ1) is 10.7. The van der Waals surface area contributed by atoms with Gasteiger partial charge in [0.05, 0.1) is 12.1 Å². The summed E-state index contributed by atoms with van der Waals surface area (Å²) in [5.41, 5.74) is 0.805. The van der Waals surface area contributed by atoms with Crippen LogP contribution in [0, 0.1) is 5.92 Å². The minimum Gasteiger partial charge on any atom is -0.351 e. The molecule has 0 saturated heterocycles. The fourth-order valence-corrected chi connectivity index (χ4v) is 3.79.